The molecule has 0 unspecified atom stereocenters. The van der Waals surface area contributed by atoms with E-state index in [2.05, 4.69) is 37.2 Å². The predicted octanol–water partition coefficient (Wildman–Crippen LogP) is 2.71. The van der Waals surface area contributed by atoms with Crippen LogP contribution in [0.15, 0.2) is 16.7 Å². The van der Waals surface area contributed by atoms with Gasteiger partial charge in [0, 0.05) is 48.5 Å². The number of nitrogens with zero attached hydrogens (tertiary/aromatic N) is 2. The molecular formula is C15H22BrN3O. The minimum atomic E-state index is 0.651. The summed E-state index contributed by atoms with van der Waals surface area (Å²) in [4.78, 5) is 7.09. The average Bonchev–Trinajstić information content (AvgIpc) is 3.32. The number of hydrogen-bond donors (Lipinski definition) is 1. The summed E-state index contributed by atoms with van der Waals surface area (Å²) in [6.45, 7) is 2.58. The highest BCUT2D eigenvalue weighted by atomic mass is 79.9. The SMILES string of the molecule is COCCN(c1ncc(Br)cc1CNC1CC1)C1CC1. The van der Waals surface area contributed by atoms with Gasteiger partial charge in [-0.25, -0.2) is 4.98 Å². The van der Waals surface area contributed by atoms with Crippen LogP contribution in [0.2, 0.25) is 0 Å². The molecule has 0 saturated heterocycles. The molecule has 0 spiro atoms. The molecule has 2 fully saturated rings. The Kier molecular flexibility index (Phi) is 4.58. The molecule has 0 bridgehead atoms. The van der Waals surface area contributed by atoms with E-state index in [0.29, 0.717) is 6.04 Å². The highest BCUT2D eigenvalue weighted by Gasteiger charge is 2.31. The van der Waals surface area contributed by atoms with E-state index in [1.54, 1.807) is 7.11 Å². The van der Waals surface area contributed by atoms with E-state index in [-0.39, 0.29) is 0 Å². The highest BCUT2D eigenvalue weighted by Crippen LogP contribution is 2.33. The number of aromatic nitrogens is 1. The number of halogens is 1. The second-order valence-corrected chi connectivity index (χ2v) is 6.62. The van der Waals surface area contributed by atoms with Crippen molar-refractivity contribution in [2.45, 2.75) is 44.3 Å². The second kappa shape index (κ2) is 6.41. The van der Waals surface area contributed by atoms with Crippen molar-refractivity contribution in [2.24, 2.45) is 0 Å². The number of pyridine rings is 1. The zero-order valence-corrected chi connectivity index (χ0v) is 13.5. The van der Waals surface area contributed by atoms with Gasteiger partial charge in [0.05, 0.1) is 6.61 Å². The monoisotopic (exact) mass is 339 g/mol. The molecule has 5 heteroatoms. The van der Waals surface area contributed by atoms with E-state index < -0.39 is 0 Å². The van der Waals surface area contributed by atoms with Crippen molar-refractivity contribution in [2.75, 3.05) is 25.2 Å². The predicted molar refractivity (Wildman–Crippen MR) is 84.0 cm³/mol. The first kappa shape index (κ1) is 14.3. The molecule has 1 aromatic rings. The first-order chi connectivity index (χ1) is 9.78. The quantitative estimate of drug-likeness (QED) is 0.790. The molecular weight excluding hydrogens is 318 g/mol. The molecule has 0 aliphatic heterocycles. The molecule has 1 heterocycles. The zero-order chi connectivity index (χ0) is 13.9. The van der Waals surface area contributed by atoms with Crippen LogP contribution in [0.3, 0.4) is 0 Å². The summed E-state index contributed by atoms with van der Waals surface area (Å²) in [5.41, 5.74) is 1.29. The summed E-state index contributed by atoms with van der Waals surface area (Å²) in [7, 11) is 1.76. The Labute approximate surface area is 129 Å². The number of hydrogen-bond acceptors (Lipinski definition) is 4. The summed E-state index contributed by atoms with van der Waals surface area (Å²) in [5, 5.41) is 3.59. The van der Waals surface area contributed by atoms with Gasteiger partial charge in [-0.1, -0.05) is 0 Å². The number of nitrogens with one attached hydrogen (secondary N) is 1. The lowest BCUT2D eigenvalue weighted by atomic mass is 10.2. The Bertz CT molecular complexity index is 460. The zero-order valence-electron chi connectivity index (χ0n) is 11.9. The average molecular weight is 340 g/mol. The first-order valence-electron chi connectivity index (χ1n) is 7.41. The lowest BCUT2D eigenvalue weighted by Gasteiger charge is -2.26. The third-order valence-electron chi connectivity index (χ3n) is 3.86. The van der Waals surface area contributed by atoms with E-state index in [0.717, 1.165) is 36.0 Å². The van der Waals surface area contributed by atoms with Gasteiger partial charge in [-0.15, -0.1) is 0 Å². The van der Waals surface area contributed by atoms with Crippen LogP contribution in [-0.4, -0.2) is 37.3 Å². The molecule has 1 N–H and O–H groups in total. The number of ether oxygens (including phenoxy) is 1. The number of anilines is 1. The van der Waals surface area contributed by atoms with E-state index in [9.17, 15) is 0 Å². The third kappa shape index (κ3) is 3.71. The fourth-order valence-corrected chi connectivity index (χ4v) is 2.82. The van der Waals surface area contributed by atoms with Crippen molar-refractivity contribution in [3.63, 3.8) is 0 Å². The summed E-state index contributed by atoms with van der Waals surface area (Å²) < 4.78 is 6.30. The fraction of sp³-hybridized carbons (Fsp3) is 0.667. The topological polar surface area (TPSA) is 37.4 Å². The summed E-state index contributed by atoms with van der Waals surface area (Å²) >= 11 is 3.54. The Morgan fingerprint density at radius 2 is 2.20 bits per heavy atom. The molecule has 2 aliphatic carbocycles. The van der Waals surface area contributed by atoms with Crippen LogP contribution in [0.25, 0.3) is 0 Å². The molecule has 20 heavy (non-hydrogen) atoms. The van der Waals surface area contributed by atoms with Gasteiger partial charge < -0.3 is 15.0 Å². The maximum atomic E-state index is 5.25. The molecule has 1 aromatic heterocycles. The van der Waals surface area contributed by atoms with Crippen LogP contribution in [-0.2, 0) is 11.3 Å². The van der Waals surface area contributed by atoms with Gasteiger partial charge in [0.15, 0.2) is 0 Å². The lowest BCUT2D eigenvalue weighted by Crippen LogP contribution is -2.32. The van der Waals surface area contributed by atoms with Crippen molar-refractivity contribution in [3.8, 4) is 0 Å². The normalized spacial score (nSPS) is 18.3. The molecule has 0 aromatic carbocycles. The summed E-state index contributed by atoms with van der Waals surface area (Å²) in [6, 6.07) is 3.56. The first-order valence-corrected chi connectivity index (χ1v) is 8.20. The van der Waals surface area contributed by atoms with E-state index in [4.69, 9.17) is 4.74 Å². The molecule has 0 atom stereocenters. The minimum Gasteiger partial charge on any atom is -0.383 e. The fourth-order valence-electron chi connectivity index (χ4n) is 2.44. The summed E-state index contributed by atoms with van der Waals surface area (Å²) in [6.07, 6.45) is 7.08. The van der Waals surface area contributed by atoms with Gasteiger partial charge in [0.1, 0.15) is 5.82 Å². The second-order valence-electron chi connectivity index (χ2n) is 5.71. The third-order valence-corrected chi connectivity index (χ3v) is 4.30. The molecule has 2 saturated carbocycles. The van der Waals surface area contributed by atoms with Gasteiger partial charge in [0.25, 0.3) is 0 Å². The number of rotatable bonds is 8. The van der Waals surface area contributed by atoms with Gasteiger partial charge in [-0.3, -0.25) is 0 Å². The van der Waals surface area contributed by atoms with Crippen LogP contribution in [0.4, 0.5) is 5.82 Å². The highest BCUT2D eigenvalue weighted by molar-refractivity contribution is 9.10. The summed E-state index contributed by atoms with van der Waals surface area (Å²) in [5.74, 6) is 1.13. The standard InChI is InChI=1S/C15H22BrN3O/c1-20-7-6-19(14-4-5-14)15-11(8-12(16)10-18-15)9-17-13-2-3-13/h8,10,13-14,17H,2-7,9H2,1H3. The van der Waals surface area contributed by atoms with Gasteiger partial charge in [-0.05, 0) is 47.7 Å². The Morgan fingerprint density at radius 1 is 1.40 bits per heavy atom. The van der Waals surface area contributed by atoms with Crippen molar-refractivity contribution in [1.82, 2.24) is 10.3 Å². The van der Waals surface area contributed by atoms with Gasteiger partial charge >= 0.3 is 0 Å². The van der Waals surface area contributed by atoms with Crippen LogP contribution in [0.1, 0.15) is 31.2 Å². The van der Waals surface area contributed by atoms with E-state index in [1.165, 1.54) is 31.2 Å². The molecule has 0 radical (unpaired) electrons. The van der Waals surface area contributed by atoms with Gasteiger partial charge in [-0.2, -0.15) is 0 Å². The maximum Gasteiger partial charge on any atom is 0.133 e. The van der Waals surface area contributed by atoms with Crippen molar-refractivity contribution in [3.05, 3.63) is 22.3 Å². The number of methoxy groups -OCH3 is 1. The van der Waals surface area contributed by atoms with Crippen LogP contribution in [0.5, 0.6) is 0 Å². The maximum absolute atomic E-state index is 5.25. The molecule has 3 rings (SSSR count). The molecule has 110 valence electrons. The van der Waals surface area contributed by atoms with Crippen molar-refractivity contribution in [1.29, 1.82) is 0 Å². The minimum absolute atomic E-state index is 0.651. The van der Waals surface area contributed by atoms with Crippen LogP contribution >= 0.6 is 15.9 Å². The Balaban J connectivity index is 1.77. The van der Waals surface area contributed by atoms with Crippen molar-refractivity contribution >= 4 is 21.7 Å². The van der Waals surface area contributed by atoms with E-state index in [1.807, 2.05) is 6.20 Å². The lowest BCUT2D eigenvalue weighted by molar-refractivity contribution is 0.204. The Hall–Kier alpha value is -0.650. The van der Waals surface area contributed by atoms with E-state index >= 15 is 0 Å². The van der Waals surface area contributed by atoms with Crippen molar-refractivity contribution < 1.29 is 4.74 Å². The molecule has 2 aliphatic rings. The Morgan fingerprint density at radius 3 is 2.85 bits per heavy atom. The van der Waals surface area contributed by atoms with Crippen LogP contribution < -0.4 is 10.2 Å². The van der Waals surface area contributed by atoms with Crippen LogP contribution in [0, 0.1) is 0 Å². The molecule has 0 amide bonds. The van der Waals surface area contributed by atoms with Gasteiger partial charge in [0.2, 0.25) is 0 Å². The smallest absolute Gasteiger partial charge is 0.133 e. The largest absolute Gasteiger partial charge is 0.383 e. The molecule has 4 nitrogen and oxygen atoms in total.